The van der Waals surface area contributed by atoms with Gasteiger partial charge in [0.15, 0.2) is 0 Å². The van der Waals surface area contributed by atoms with Gasteiger partial charge in [0.1, 0.15) is 10.3 Å². The van der Waals surface area contributed by atoms with Gasteiger partial charge in [-0.15, -0.1) is 23.1 Å². The molecular weight excluding hydrogens is 576 g/mol. The van der Waals surface area contributed by atoms with Crippen LogP contribution < -0.4 is 10.6 Å². The zero-order valence-corrected chi connectivity index (χ0v) is 25.0. The minimum absolute atomic E-state index is 0.244. The number of nitrogens with one attached hydrogen (secondary N) is 2. The van der Waals surface area contributed by atoms with Crippen LogP contribution in [-0.2, 0) is 22.4 Å². The van der Waals surface area contributed by atoms with Crippen molar-refractivity contribution in [3.8, 4) is 0 Å². The van der Waals surface area contributed by atoms with Gasteiger partial charge < -0.3 is 15.4 Å². The number of carbonyl (C=O) groups excluding carboxylic acids is 3. The summed E-state index contributed by atoms with van der Waals surface area (Å²) in [6.45, 7) is 2.20. The van der Waals surface area contributed by atoms with Crippen molar-refractivity contribution in [3.05, 3.63) is 111 Å². The number of thiophene rings is 1. The lowest BCUT2D eigenvalue weighted by atomic mass is 9.88. The molecule has 1 aromatic heterocycles. The summed E-state index contributed by atoms with van der Waals surface area (Å²) in [6, 6.07) is 23.6. The molecule has 4 aromatic rings. The van der Waals surface area contributed by atoms with E-state index in [0.717, 1.165) is 40.2 Å². The summed E-state index contributed by atoms with van der Waals surface area (Å²) in [4.78, 5) is 41.4. The summed E-state index contributed by atoms with van der Waals surface area (Å²) in [7, 11) is 1.37. The molecule has 0 bridgehead atoms. The third-order valence-electron chi connectivity index (χ3n) is 6.91. The molecule has 0 fully saturated rings. The Balaban J connectivity index is 1.40. The van der Waals surface area contributed by atoms with E-state index in [4.69, 9.17) is 16.3 Å². The molecule has 0 radical (unpaired) electrons. The van der Waals surface area contributed by atoms with Crippen molar-refractivity contribution in [2.45, 2.75) is 36.3 Å². The largest absolute Gasteiger partial charge is 0.465 e. The number of carbonyl (C=O) groups is 3. The third-order valence-corrected chi connectivity index (χ3v) is 9.56. The van der Waals surface area contributed by atoms with Crippen molar-refractivity contribution in [1.29, 1.82) is 0 Å². The summed E-state index contributed by atoms with van der Waals surface area (Å²) in [6.07, 6.45) is 2.66. The minimum atomic E-state index is -0.612. The number of halogens is 1. The number of esters is 1. The topological polar surface area (TPSA) is 84.5 Å². The maximum atomic E-state index is 13.9. The first-order valence-corrected chi connectivity index (χ1v) is 15.3. The van der Waals surface area contributed by atoms with Gasteiger partial charge in [0.05, 0.1) is 12.7 Å². The molecule has 2 unspecified atom stereocenters. The highest BCUT2D eigenvalue weighted by Crippen LogP contribution is 2.42. The first-order chi connectivity index (χ1) is 19.8. The van der Waals surface area contributed by atoms with Crippen molar-refractivity contribution >= 4 is 63.2 Å². The van der Waals surface area contributed by atoms with Crippen LogP contribution >= 0.6 is 34.7 Å². The maximum absolute atomic E-state index is 13.9. The Bertz CT molecular complexity index is 1590. The predicted octanol–water partition coefficient (Wildman–Crippen LogP) is 8.04. The molecule has 6 nitrogen and oxygen atoms in total. The minimum Gasteiger partial charge on any atom is -0.465 e. The molecule has 0 spiro atoms. The van der Waals surface area contributed by atoms with Crippen LogP contribution in [0.1, 0.15) is 55.3 Å². The van der Waals surface area contributed by atoms with E-state index in [2.05, 4.69) is 17.6 Å². The quantitative estimate of drug-likeness (QED) is 0.157. The van der Waals surface area contributed by atoms with Crippen LogP contribution in [0, 0.1) is 5.92 Å². The normalized spacial score (nSPS) is 15.0. The van der Waals surface area contributed by atoms with E-state index in [1.807, 2.05) is 48.5 Å². The number of anilines is 2. The molecule has 1 heterocycles. The number of ether oxygens (including phenoxy) is 1. The van der Waals surface area contributed by atoms with E-state index >= 15 is 0 Å². The second-order valence-corrected chi connectivity index (χ2v) is 12.7. The van der Waals surface area contributed by atoms with E-state index in [9.17, 15) is 14.4 Å². The number of amides is 2. The van der Waals surface area contributed by atoms with Crippen LogP contribution in [-0.4, -0.2) is 24.9 Å². The highest BCUT2D eigenvalue weighted by Gasteiger charge is 2.31. The summed E-state index contributed by atoms with van der Waals surface area (Å²) in [5.41, 5.74) is 3.32. The zero-order chi connectivity index (χ0) is 28.9. The van der Waals surface area contributed by atoms with Crippen LogP contribution in [0.2, 0.25) is 5.02 Å². The van der Waals surface area contributed by atoms with Crippen molar-refractivity contribution in [3.63, 3.8) is 0 Å². The molecule has 2 N–H and O–H groups in total. The molecule has 0 saturated carbocycles. The van der Waals surface area contributed by atoms with Crippen LogP contribution in [0.5, 0.6) is 0 Å². The standard InChI is InChI=1S/C32H29ClN2O4S2/c1-19-14-15-25-26(16-19)41-31(27(25)32(38)39-2)35-30(37)28(20-8-4-3-5-9-20)40-24-13-7-12-23(18-24)34-29(36)21-10-6-11-22(33)17-21/h3-13,17-19,28H,14-16H2,1-2H3,(H,34,36)(H,35,37). The zero-order valence-electron chi connectivity index (χ0n) is 22.6. The first-order valence-electron chi connectivity index (χ1n) is 13.2. The van der Waals surface area contributed by atoms with Crippen LogP contribution in [0.25, 0.3) is 0 Å². The molecule has 2 amide bonds. The second-order valence-electron chi connectivity index (χ2n) is 9.94. The average molecular weight is 605 g/mol. The number of rotatable bonds is 8. The monoisotopic (exact) mass is 604 g/mol. The molecular formula is C32H29ClN2O4S2. The smallest absolute Gasteiger partial charge is 0.341 e. The molecule has 2 atom stereocenters. The SMILES string of the molecule is COC(=O)c1c(NC(=O)C(Sc2cccc(NC(=O)c3cccc(Cl)c3)c2)c2ccccc2)sc2c1CCC(C)C2. The Morgan fingerprint density at radius 2 is 1.78 bits per heavy atom. The molecule has 210 valence electrons. The van der Waals surface area contributed by atoms with Crippen molar-refractivity contribution in [2.75, 3.05) is 17.7 Å². The third kappa shape index (κ3) is 6.84. The average Bonchev–Trinajstić information content (AvgIpc) is 3.32. The van der Waals surface area contributed by atoms with E-state index in [1.165, 1.54) is 30.2 Å². The number of methoxy groups -OCH3 is 1. The molecule has 1 aliphatic rings. The first kappa shape index (κ1) is 28.9. The van der Waals surface area contributed by atoms with Gasteiger partial charge in [0, 0.05) is 26.0 Å². The Morgan fingerprint density at radius 1 is 1.00 bits per heavy atom. The summed E-state index contributed by atoms with van der Waals surface area (Å²) in [5.74, 6) is -0.432. The number of hydrogen-bond acceptors (Lipinski definition) is 6. The fraction of sp³-hybridized carbons (Fsp3) is 0.219. The lowest BCUT2D eigenvalue weighted by Gasteiger charge is -2.18. The molecule has 3 aromatic carbocycles. The highest BCUT2D eigenvalue weighted by molar-refractivity contribution is 8.00. The predicted molar refractivity (Wildman–Crippen MR) is 166 cm³/mol. The summed E-state index contributed by atoms with van der Waals surface area (Å²) >= 11 is 8.88. The molecule has 5 rings (SSSR count). The van der Waals surface area contributed by atoms with E-state index in [0.29, 0.717) is 32.8 Å². The van der Waals surface area contributed by atoms with Crippen LogP contribution in [0.15, 0.2) is 83.8 Å². The fourth-order valence-electron chi connectivity index (χ4n) is 4.85. The van der Waals surface area contributed by atoms with Gasteiger partial charge in [-0.3, -0.25) is 9.59 Å². The van der Waals surface area contributed by atoms with Gasteiger partial charge >= 0.3 is 5.97 Å². The highest BCUT2D eigenvalue weighted by atomic mass is 35.5. The Hall–Kier alpha value is -3.59. The molecule has 0 saturated heterocycles. The van der Waals surface area contributed by atoms with Crippen LogP contribution in [0.3, 0.4) is 0 Å². The van der Waals surface area contributed by atoms with Gasteiger partial charge in [0.2, 0.25) is 5.91 Å². The number of benzene rings is 3. The molecule has 1 aliphatic carbocycles. The fourth-order valence-corrected chi connectivity index (χ4v) is 7.53. The lowest BCUT2D eigenvalue weighted by Crippen LogP contribution is -2.20. The Labute approximate surface area is 252 Å². The van der Waals surface area contributed by atoms with Crippen molar-refractivity contribution < 1.29 is 19.1 Å². The van der Waals surface area contributed by atoms with Gasteiger partial charge in [0.25, 0.3) is 5.91 Å². The lowest BCUT2D eigenvalue weighted by molar-refractivity contribution is -0.115. The Kier molecular flexibility index (Phi) is 9.12. The maximum Gasteiger partial charge on any atom is 0.341 e. The van der Waals surface area contributed by atoms with Gasteiger partial charge in [-0.2, -0.15) is 0 Å². The Morgan fingerprint density at radius 3 is 2.54 bits per heavy atom. The van der Waals surface area contributed by atoms with Gasteiger partial charge in [-0.25, -0.2) is 4.79 Å². The van der Waals surface area contributed by atoms with E-state index in [-0.39, 0.29) is 11.8 Å². The van der Waals surface area contributed by atoms with E-state index in [1.54, 1.807) is 30.3 Å². The number of hydrogen-bond donors (Lipinski definition) is 2. The van der Waals surface area contributed by atoms with Crippen LogP contribution in [0.4, 0.5) is 10.7 Å². The number of thioether (sulfide) groups is 1. The van der Waals surface area contributed by atoms with Gasteiger partial charge in [-0.1, -0.05) is 61.0 Å². The second kappa shape index (κ2) is 12.9. The van der Waals surface area contributed by atoms with Crippen molar-refractivity contribution in [2.24, 2.45) is 5.92 Å². The number of fused-ring (bicyclic) bond motifs is 1. The van der Waals surface area contributed by atoms with Crippen molar-refractivity contribution in [1.82, 2.24) is 0 Å². The van der Waals surface area contributed by atoms with Gasteiger partial charge in [-0.05, 0) is 72.7 Å². The molecule has 0 aliphatic heterocycles. The molecule has 9 heteroatoms. The molecule has 41 heavy (non-hydrogen) atoms. The summed E-state index contributed by atoms with van der Waals surface area (Å²) in [5, 5.41) is 6.37. The van der Waals surface area contributed by atoms with E-state index < -0.39 is 11.2 Å². The summed E-state index contributed by atoms with van der Waals surface area (Å²) < 4.78 is 5.10.